The van der Waals surface area contributed by atoms with Crippen molar-refractivity contribution in [3.05, 3.63) is 48.5 Å². The molecule has 2 aromatic carbocycles. The Morgan fingerprint density at radius 3 is 1.55 bits per heavy atom. The molecule has 0 aliphatic heterocycles. The predicted molar refractivity (Wildman–Crippen MR) is 77.6 cm³/mol. The van der Waals surface area contributed by atoms with Gasteiger partial charge in [0.25, 0.3) is 0 Å². The molecule has 8 nitrogen and oxygen atoms in total. The maximum absolute atomic E-state index is 10.4. The van der Waals surface area contributed by atoms with Crippen molar-refractivity contribution in [3.8, 4) is 0 Å². The molecule has 2 N–H and O–H groups in total. The predicted octanol–water partition coefficient (Wildman–Crippen LogP) is 0.858. The Balaban J connectivity index is 1.77. The first kappa shape index (κ1) is 12.9. The highest BCUT2D eigenvalue weighted by Gasteiger charge is 2.25. The van der Waals surface area contributed by atoms with Crippen LogP contribution in [0.1, 0.15) is 12.5 Å². The second-order valence-corrected chi connectivity index (χ2v) is 4.87. The number of para-hydroxylation sites is 2. The van der Waals surface area contributed by atoms with E-state index < -0.39 is 12.5 Å². The number of rotatable bonds is 3. The summed E-state index contributed by atoms with van der Waals surface area (Å²) in [5.41, 5.74) is 2.52. The van der Waals surface area contributed by atoms with Crippen LogP contribution in [0, 0.1) is 0 Å². The van der Waals surface area contributed by atoms with E-state index in [2.05, 4.69) is 20.6 Å². The molecule has 0 unspecified atom stereocenters. The van der Waals surface area contributed by atoms with Crippen molar-refractivity contribution < 1.29 is 10.2 Å². The summed E-state index contributed by atoms with van der Waals surface area (Å²) in [4.78, 5) is 0. The minimum absolute atomic E-state index is 0.624. The lowest BCUT2D eigenvalue weighted by Crippen LogP contribution is -2.24. The summed E-state index contributed by atoms with van der Waals surface area (Å²) in [5, 5.41) is 36.6. The van der Waals surface area contributed by atoms with Crippen molar-refractivity contribution in [1.29, 1.82) is 0 Å². The van der Waals surface area contributed by atoms with Gasteiger partial charge >= 0.3 is 0 Å². The summed E-state index contributed by atoms with van der Waals surface area (Å²) < 4.78 is 2.52. The SMILES string of the molecule is O[C@@H]([C@H](O)n1nnc2ccccc21)n1nnc2ccccc21. The Hall–Kier alpha value is -2.84. The van der Waals surface area contributed by atoms with Gasteiger partial charge in [-0.2, -0.15) is 0 Å². The average Bonchev–Trinajstić information content (AvgIpc) is 3.17. The molecular weight excluding hydrogens is 284 g/mol. The molecule has 8 heteroatoms. The number of hydrogen-bond acceptors (Lipinski definition) is 6. The Labute approximate surface area is 124 Å². The van der Waals surface area contributed by atoms with E-state index in [-0.39, 0.29) is 0 Å². The fourth-order valence-electron chi connectivity index (χ4n) is 2.42. The molecule has 0 aliphatic rings. The van der Waals surface area contributed by atoms with E-state index in [0.717, 1.165) is 0 Å². The lowest BCUT2D eigenvalue weighted by atomic mass is 10.3. The molecule has 4 rings (SSSR count). The van der Waals surface area contributed by atoms with Crippen LogP contribution >= 0.6 is 0 Å². The highest BCUT2D eigenvalue weighted by molar-refractivity contribution is 5.74. The summed E-state index contributed by atoms with van der Waals surface area (Å²) in [6.45, 7) is 0. The van der Waals surface area contributed by atoms with Gasteiger partial charge in [-0.15, -0.1) is 10.2 Å². The highest BCUT2D eigenvalue weighted by atomic mass is 16.4. The summed E-state index contributed by atoms with van der Waals surface area (Å²) in [6, 6.07) is 14.4. The van der Waals surface area contributed by atoms with Crippen molar-refractivity contribution in [2.24, 2.45) is 0 Å². The van der Waals surface area contributed by atoms with E-state index in [1.54, 1.807) is 24.3 Å². The first-order chi connectivity index (χ1) is 10.8. The first-order valence-electron chi connectivity index (χ1n) is 6.72. The van der Waals surface area contributed by atoms with E-state index in [0.29, 0.717) is 22.1 Å². The van der Waals surface area contributed by atoms with Gasteiger partial charge in [0.05, 0.1) is 11.0 Å². The third-order valence-corrected chi connectivity index (χ3v) is 3.52. The van der Waals surface area contributed by atoms with Gasteiger partial charge in [0.2, 0.25) is 0 Å². The highest BCUT2D eigenvalue weighted by Crippen LogP contribution is 2.24. The zero-order valence-corrected chi connectivity index (χ0v) is 11.4. The van der Waals surface area contributed by atoms with Crippen LogP contribution in [0.5, 0.6) is 0 Å². The molecule has 2 atom stereocenters. The Morgan fingerprint density at radius 1 is 0.682 bits per heavy atom. The molecule has 2 aromatic heterocycles. The van der Waals surface area contributed by atoms with E-state index in [1.807, 2.05) is 24.3 Å². The van der Waals surface area contributed by atoms with Crippen molar-refractivity contribution in [1.82, 2.24) is 30.0 Å². The maximum atomic E-state index is 10.4. The monoisotopic (exact) mass is 296 g/mol. The topological polar surface area (TPSA) is 102 Å². The van der Waals surface area contributed by atoms with Gasteiger partial charge in [0.1, 0.15) is 11.0 Å². The molecular formula is C14H12N6O2. The van der Waals surface area contributed by atoms with Gasteiger partial charge in [0, 0.05) is 0 Å². The molecule has 0 fully saturated rings. The van der Waals surface area contributed by atoms with Crippen molar-refractivity contribution in [2.45, 2.75) is 12.5 Å². The van der Waals surface area contributed by atoms with Crippen LogP contribution in [0.15, 0.2) is 48.5 Å². The number of hydrogen-bond donors (Lipinski definition) is 2. The van der Waals surface area contributed by atoms with Gasteiger partial charge in [0.15, 0.2) is 12.5 Å². The molecule has 0 aliphatic carbocycles. The van der Waals surface area contributed by atoms with Gasteiger partial charge in [-0.1, -0.05) is 34.7 Å². The maximum Gasteiger partial charge on any atom is 0.196 e. The van der Waals surface area contributed by atoms with E-state index in [1.165, 1.54) is 9.36 Å². The lowest BCUT2D eigenvalue weighted by Gasteiger charge is -2.18. The normalized spacial score (nSPS) is 14.5. The Bertz CT molecular complexity index is 868. The van der Waals surface area contributed by atoms with Crippen molar-refractivity contribution in [3.63, 3.8) is 0 Å². The molecule has 4 aromatic rings. The zero-order chi connectivity index (χ0) is 15.1. The summed E-state index contributed by atoms with van der Waals surface area (Å²) >= 11 is 0. The quantitative estimate of drug-likeness (QED) is 0.581. The number of aliphatic hydroxyl groups is 2. The van der Waals surface area contributed by atoms with Gasteiger partial charge in [-0.25, -0.2) is 9.36 Å². The second-order valence-electron chi connectivity index (χ2n) is 4.87. The van der Waals surface area contributed by atoms with Crippen LogP contribution in [0.25, 0.3) is 22.1 Å². The van der Waals surface area contributed by atoms with Crippen molar-refractivity contribution >= 4 is 22.1 Å². The number of aromatic nitrogens is 6. The molecule has 2 heterocycles. The Kier molecular flexibility index (Phi) is 2.84. The molecule has 0 saturated heterocycles. The van der Waals surface area contributed by atoms with Crippen LogP contribution in [0.4, 0.5) is 0 Å². The molecule has 110 valence electrons. The number of nitrogens with zero attached hydrogens (tertiary/aromatic N) is 6. The molecule has 0 radical (unpaired) electrons. The van der Waals surface area contributed by atoms with Crippen LogP contribution in [-0.4, -0.2) is 40.2 Å². The third-order valence-electron chi connectivity index (χ3n) is 3.52. The van der Waals surface area contributed by atoms with Crippen LogP contribution in [0.2, 0.25) is 0 Å². The van der Waals surface area contributed by atoms with Gasteiger partial charge < -0.3 is 10.2 Å². The molecule has 0 spiro atoms. The summed E-state index contributed by atoms with van der Waals surface area (Å²) in [5.74, 6) is 0. The Morgan fingerprint density at radius 2 is 1.09 bits per heavy atom. The van der Waals surface area contributed by atoms with Crippen LogP contribution in [0.3, 0.4) is 0 Å². The van der Waals surface area contributed by atoms with E-state index >= 15 is 0 Å². The minimum atomic E-state index is -1.34. The van der Waals surface area contributed by atoms with E-state index in [9.17, 15) is 10.2 Å². The second kappa shape index (κ2) is 4.86. The van der Waals surface area contributed by atoms with Crippen molar-refractivity contribution in [2.75, 3.05) is 0 Å². The minimum Gasteiger partial charge on any atom is -0.368 e. The average molecular weight is 296 g/mol. The third kappa shape index (κ3) is 1.85. The standard InChI is InChI=1S/C14H12N6O2/c21-13(19-11-7-3-1-5-9(11)15-17-19)14(22)20-12-8-4-2-6-10(12)16-18-20/h1-8,13-14,21-22H/t13-,14-/m0/s1. The van der Waals surface area contributed by atoms with Gasteiger partial charge in [-0.3, -0.25) is 0 Å². The smallest absolute Gasteiger partial charge is 0.196 e. The van der Waals surface area contributed by atoms with E-state index in [4.69, 9.17) is 0 Å². The first-order valence-corrected chi connectivity index (χ1v) is 6.72. The lowest BCUT2D eigenvalue weighted by molar-refractivity contribution is -0.0805. The van der Waals surface area contributed by atoms with Gasteiger partial charge in [-0.05, 0) is 24.3 Å². The van der Waals surface area contributed by atoms with Crippen LogP contribution in [-0.2, 0) is 0 Å². The number of benzene rings is 2. The van der Waals surface area contributed by atoms with Crippen LogP contribution < -0.4 is 0 Å². The number of aliphatic hydroxyl groups excluding tert-OH is 2. The molecule has 0 bridgehead atoms. The summed E-state index contributed by atoms with van der Waals surface area (Å²) in [7, 11) is 0. The summed E-state index contributed by atoms with van der Waals surface area (Å²) in [6.07, 6.45) is -2.67. The zero-order valence-electron chi connectivity index (χ0n) is 11.4. The number of fused-ring (bicyclic) bond motifs is 2. The fraction of sp³-hybridized carbons (Fsp3) is 0.143. The largest absolute Gasteiger partial charge is 0.368 e. The molecule has 0 saturated carbocycles. The molecule has 22 heavy (non-hydrogen) atoms. The molecule has 0 amide bonds. The fourth-order valence-corrected chi connectivity index (χ4v) is 2.42.